The Bertz CT molecular complexity index is 8000. The van der Waals surface area contributed by atoms with Gasteiger partial charge in [0.05, 0.1) is 55.5 Å². The molecule has 560 valence electrons. The number of fused-ring (bicyclic) bond motifs is 16. The number of hydrogen-bond donors (Lipinski definition) is 0. The number of hydrogen-bond acceptors (Lipinski definition) is 5. The van der Waals surface area contributed by atoms with Crippen LogP contribution in [0.25, 0.3) is 222 Å². The lowest BCUT2D eigenvalue weighted by Crippen LogP contribution is -2.02. The molecule has 0 saturated heterocycles. The molecule has 0 aliphatic heterocycles. The zero-order valence-electron chi connectivity index (χ0n) is 65.0. The molecule has 24 aromatic rings. The molecular formula is C111H71N9. The van der Waals surface area contributed by atoms with Crippen LogP contribution < -0.4 is 0 Å². The molecule has 6 aromatic heterocycles. The molecule has 18 aromatic carbocycles. The third-order valence-corrected chi connectivity index (χ3v) is 23.6. The lowest BCUT2D eigenvalue weighted by molar-refractivity contribution is 1.07. The van der Waals surface area contributed by atoms with Crippen LogP contribution in [0.2, 0.25) is 0 Å². The van der Waals surface area contributed by atoms with E-state index in [0.29, 0.717) is 23.3 Å². The van der Waals surface area contributed by atoms with Crippen molar-refractivity contribution in [2.45, 2.75) is 0 Å². The van der Waals surface area contributed by atoms with Crippen LogP contribution in [0, 0.1) is 0 Å². The lowest BCUT2D eigenvalue weighted by atomic mass is 10.0. The number of rotatable bonds is 12. The maximum absolute atomic E-state index is 5.20. The first-order chi connectivity index (χ1) is 59.5. The Morgan fingerprint density at radius 1 is 0.158 bits per heavy atom. The van der Waals surface area contributed by atoms with Gasteiger partial charge in [-0.25, -0.2) is 24.9 Å². The van der Waals surface area contributed by atoms with Gasteiger partial charge in [0.1, 0.15) is 0 Å². The minimum absolute atomic E-state index is 0.627. The van der Waals surface area contributed by atoms with Gasteiger partial charge in [0, 0.05) is 99.2 Å². The molecule has 0 unspecified atom stereocenters. The number of para-hydroxylation sites is 4. The highest BCUT2D eigenvalue weighted by Gasteiger charge is 2.26. The molecule has 0 N–H and O–H groups in total. The summed E-state index contributed by atoms with van der Waals surface area (Å²) in [6.07, 6.45) is 0. The Labute approximate surface area is 691 Å². The average molecular weight is 1530 g/mol. The number of aromatic nitrogens is 9. The summed E-state index contributed by atoms with van der Waals surface area (Å²) in [5.41, 5.74) is 26.2. The van der Waals surface area contributed by atoms with Crippen molar-refractivity contribution in [2.75, 3.05) is 0 Å². The minimum Gasteiger partial charge on any atom is -0.309 e. The van der Waals surface area contributed by atoms with E-state index in [1.54, 1.807) is 0 Å². The maximum Gasteiger partial charge on any atom is 0.164 e. The topological polar surface area (TPSA) is 84.2 Å². The van der Waals surface area contributed by atoms with E-state index < -0.39 is 0 Å². The summed E-state index contributed by atoms with van der Waals surface area (Å²) in [4.78, 5) is 25.8. The Morgan fingerprint density at radius 2 is 0.492 bits per heavy atom. The second-order valence-electron chi connectivity index (χ2n) is 30.6. The van der Waals surface area contributed by atoms with E-state index in [2.05, 4.69) is 400 Å². The van der Waals surface area contributed by atoms with E-state index in [4.69, 9.17) is 24.9 Å². The lowest BCUT2D eigenvalue weighted by Gasteiger charge is -2.15. The molecule has 9 heteroatoms. The van der Waals surface area contributed by atoms with E-state index in [1.165, 1.54) is 87.4 Å². The van der Waals surface area contributed by atoms with Crippen LogP contribution in [0.3, 0.4) is 0 Å². The van der Waals surface area contributed by atoms with Crippen LogP contribution in [-0.4, -0.2) is 43.2 Å². The Hall–Kier alpha value is -16.2. The number of nitrogens with zero attached hydrogens (tertiary/aromatic N) is 9. The molecule has 120 heavy (non-hydrogen) atoms. The van der Waals surface area contributed by atoms with Crippen molar-refractivity contribution < 1.29 is 0 Å². The normalized spacial score (nSPS) is 11.7. The van der Waals surface area contributed by atoms with E-state index in [1.807, 2.05) is 48.5 Å². The Morgan fingerprint density at radius 3 is 0.975 bits per heavy atom. The highest BCUT2D eigenvalue weighted by molar-refractivity contribution is 6.28. The molecule has 0 aliphatic rings. The second-order valence-corrected chi connectivity index (χ2v) is 30.6. The summed E-state index contributed by atoms with van der Waals surface area (Å²) >= 11 is 0. The summed E-state index contributed by atoms with van der Waals surface area (Å²) in [6.45, 7) is 0. The molecular weight excluding hydrogens is 1460 g/mol. The van der Waals surface area contributed by atoms with Crippen molar-refractivity contribution in [3.05, 3.63) is 431 Å². The molecule has 24 rings (SSSR count). The predicted molar refractivity (Wildman–Crippen MR) is 498 cm³/mol. The summed E-state index contributed by atoms with van der Waals surface area (Å²) < 4.78 is 9.78. The molecule has 0 saturated carbocycles. The highest BCUT2D eigenvalue weighted by atomic mass is 15.1. The van der Waals surface area contributed by atoms with Crippen LogP contribution in [0.5, 0.6) is 0 Å². The summed E-state index contributed by atoms with van der Waals surface area (Å²) in [7, 11) is 0. The van der Waals surface area contributed by atoms with Gasteiger partial charge in [-0.2, -0.15) is 0 Å². The van der Waals surface area contributed by atoms with E-state index in [0.717, 1.165) is 111 Å². The molecule has 0 radical (unpaired) electrons. The SMILES string of the molecule is c1ccc(-c2cccc(-n3c4ccccc4c4ccc5c(c6ccccc6n5-c5cc(-c6nc(-c7ccccc7)nc(-c7ccccc7)n6)c6ccccc6c5)c43)c2)cc1.c1ccc(-c2cccc(-n3c4ccccc4c4ccc5c(c6ccccc6n5-c5ccc6c(-c7nc(-c8ccccc8)cc(-c8ccccc8)n7)cccc6c5)c43)c2)cc1. The molecule has 9 nitrogen and oxygen atoms in total. The van der Waals surface area contributed by atoms with Crippen molar-refractivity contribution in [1.29, 1.82) is 0 Å². The summed E-state index contributed by atoms with van der Waals surface area (Å²) in [5.74, 6) is 2.61. The van der Waals surface area contributed by atoms with Gasteiger partial charge >= 0.3 is 0 Å². The first-order valence-corrected chi connectivity index (χ1v) is 40.7. The van der Waals surface area contributed by atoms with Crippen LogP contribution in [0.1, 0.15) is 0 Å². The van der Waals surface area contributed by atoms with Crippen LogP contribution in [0.15, 0.2) is 431 Å². The van der Waals surface area contributed by atoms with Gasteiger partial charge in [-0.15, -0.1) is 0 Å². The quantitative estimate of drug-likeness (QED) is 0.122. The largest absolute Gasteiger partial charge is 0.309 e. The molecule has 0 aliphatic carbocycles. The van der Waals surface area contributed by atoms with E-state index >= 15 is 0 Å². The van der Waals surface area contributed by atoms with Crippen LogP contribution in [-0.2, 0) is 0 Å². The molecule has 0 amide bonds. The van der Waals surface area contributed by atoms with Gasteiger partial charge in [0.15, 0.2) is 23.3 Å². The summed E-state index contributed by atoms with van der Waals surface area (Å²) in [6, 6.07) is 153. The zero-order chi connectivity index (χ0) is 79.1. The maximum atomic E-state index is 5.20. The minimum atomic E-state index is 0.627. The molecule has 0 fully saturated rings. The predicted octanol–water partition coefficient (Wildman–Crippen LogP) is 28.4. The van der Waals surface area contributed by atoms with E-state index in [-0.39, 0.29) is 0 Å². The Kier molecular flexibility index (Phi) is 16.7. The molecule has 0 spiro atoms. The van der Waals surface area contributed by atoms with Crippen molar-refractivity contribution in [2.24, 2.45) is 0 Å². The van der Waals surface area contributed by atoms with Crippen molar-refractivity contribution >= 4 is 109 Å². The van der Waals surface area contributed by atoms with E-state index in [9.17, 15) is 0 Å². The summed E-state index contributed by atoms with van der Waals surface area (Å²) in [5, 5.41) is 14.2. The standard InChI is InChI=1S/C56H36N4.C55H35N5/c1-4-16-37(17-5-1)40-22-14-24-42(34-40)60-51-28-12-10-25-45(51)46-32-33-53-54(55(46)60)48-26-11-13-29-52(48)59(53)43-30-31-44-41(35-43)23-15-27-47(44)56-57-49(38-18-6-2-7-19-38)36-50(58-56)39-20-8-3-9-21-39;1-4-17-36(18-5-1)39-24-16-25-41(33-39)60-48-29-14-12-27-44(48)45-31-32-50-51(52(45)60)46-28-13-15-30-49(46)59(50)42-34-40-23-10-11-26-43(40)47(35-42)55-57-53(37-19-6-2-7-20-37)56-54(58-55)38-21-8-3-9-22-38/h1-36H;1-35H. The third-order valence-electron chi connectivity index (χ3n) is 23.6. The van der Waals surface area contributed by atoms with Crippen molar-refractivity contribution in [1.82, 2.24) is 43.2 Å². The fourth-order valence-electron chi connectivity index (χ4n) is 18.2. The number of benzene rings is 18. The highest BCUT2D eigenvalue weighted by Crippen LogP contribution is 2.47. The first-order valence-electron chi connectivity index (χ1n) is 40.7. The van der Waals surface area contributed by atoms with Crippen LogP contribution >= 0.6 is 0 Å². The third kappa shape index (κ3) is 11.8. The zero-order valence-corrected chi connectivity index (χ0v) is 65.0. The molecule has 0 atom stereocenters. The monoisotopic (exact) mass is 1530 g/mol. The van der Waals surface area contributed by atoms with Gasteiger partial charge in [0.25, 0.3) is 0 Å². The van der Waals surface area contributed by atoms with Crippen molar-refractivity contribution in [3.63, 3.8) is 0 Å². The van der Waals surface area contributed by atoms with Gasteiger partial charge < -0.3 is 18.3 Å². The van der Waals surface area contributed by atoms with Gasteiger partial charge in [-0.05, 0) is 135 Å². The second kappa shape index (κ2) is 28.9. The first kappa shape index (κ1) is 69.3. The van der Waals surface area contributed by atoms with Gasteiger partial charge in [-0.1, -0.05) is 340 Å². The smallest absolute Gasteiger partial charge is 0.164 e. The van der Waals surface area contributed by atoms with Gasteiger partial charge in [0.2, 0.25) is 0 Å². The van der Waals surface area contributed by atoms with Crippen LogP contribution in [0.4, 0.5) is 0 Å². The van der Waals surface area contributed by atoms with Gasteiger partial charge in [-0.3, -0.25) is 0 Å². The fraction of sp³-hybridized carbons (Fsp3) is 0. The molecule has 0 bridgehead atoms. The Balaban J connectivity index is 0.000000140. The molecule has 6 heterocycles. The average Bonchev–Trinajstić information content (AvgIpc) is 1.55. The van der Waals surface area contributed by atoms with Crippen molar-refractivity contribution in [3.8, 4) is 113 Å². The fourth-order valence-corrected chi connectivity index (χ4v) is 18.2.